The van der Waals surface area contributed by atoms with Gasteiger partial charge in [-0.2, -0.15) is 0 Å². The quantitative estimate of drug-likeness (QED) is 0.907. The number of hydrogen-bond donors (Lipinski definition) is 1. The van der Waals surface area contributed by atoms with E-state index >= 15 is 0 Å². The second-order valence-corrected chi connectivity index (χ2v) is 5.54. The fraction of sp³-hybridized carbons (Fsp3) is 0.267. The molecule has 0 aliphatic carbocycles. The Kier molecular flexibility index (Phi) is 4.04. The Morgan fingerprint density at radius 1 is 1.17 bits per heavy atom. The normalized spacial score (nSPS) is 12.4. The third-order valence-corrected chi connectivity index (χ3v) is 3.91. The highest BCUT2D eigenvalue weighted by molar-refractivity contribution is 7.99. The molecule has 1 atom stereocenters. The second-order valence-electron chi connectivity index (χ2n) is 4.48. The number of aliphatic hydroxyl groups excluding tert-OH is 1. The SMILES string of the molecule is Cc1ccc(C)c(Sc2ccc([C@@H](C)O)cn2)c1. The standard InChI is InChI=1S/C15H17NOS/c1-10-4-5-11(2)14(8-10)18-15-7-6-13(9-16-15)12(3)17/h4-9,12,17H,1-3H3/t12-/m1/s1. The number of pyridine rings is 1. The first-order valence-electron chi connectivity index (χ1n) is 5.95. The van der Waals surface area contributed by atoms with Crippen LogP contribution in [0.15, 0.2) is 46.5 Å². The highest BCUT2D eigenvalue weighted by Crippen LogP contribution is 2.30. The van der Waals surface area contributed by atoms with E-state index in [2.05, 4.69) is 37.0 Å². The minimum atomic E-state index is -0.461. The highest BCUT2D eigenvalue weighted by Gasteiger charge is 2.05. The van der Waals surface area contributed by atoms with Gasteiger partial charge in [-0.3, -0.25) is 0 Å². The van der Waals surface area contributed by atoms with Crippen LogP contribution in [0.25, 0.3) is 0 Å². The second kappa shape index (κ2) is 5.55. The lowest BCUT2D eigenvalue weighted by molar-refractivity contribution is 0.198. The Morgan fingerprint density at radius 2 is 1.94 bits per heavy atom. The third-order valence-electron chi connectivity index (χ3n) is 2.80. The van der Waals surface area contributed by atoms with Gasteiger partial charge in [-0.1, -0.05) is 30.0 Å². The smallest absolute Gasteiger partial charge is 0.101 e. The van der Waals surface area contributed by atoms with Crippen LogP contribution in [-0.4, -0.2) is 10.1 Å². The molecule has 1 aromatic heterocycles. The third kappa shape index (κ3) is 3.12. The maximum Gasteiger partial charge on any atom is 0.101 e. The van der Waals surface area contributed by atoms with Crippen molar-refractivity contribution >= 4 is 11.8 Å². The Bertz CT molecular complexity index is 535. The summed E-state index contributed by atoms with van der Waals surface area (Å²) >= 11 is 1.66. The molecule has 1 heterocycles. The first-order chi connectivity index (χ1) is 8.56. The molecule has 0 saturated carbocycles. The van der Waals surface area contributed by atoms with Crippen LogP contribution in [0.5, 0.6) is 0 Å². The average Bonchev–Trinajstić information content (AvgIpc) is 2.34. The molecule has 2 rings (SSSR count). The van der Waals surface area contributed by atoms with Gasteiger partial charge in [0, 0.05) is 11.1 Å². The van der Waals surface area contributed by atoms with E-state index in [9.17, 15) is 5.11 Å². The topological polar surface area (TPSA) is 33.1 Å². The largest absolute Gasteiger partial charge is 0.389 e. The van der Waals surface area contributed by atoms with Crippen LogP contribution in [0.4, 0.5) is 0 Å². The summed E-state index contributed by atoms with van der Waals surface area (Å²) in [7, 11) is 0. The van der Waals surface area contributed by atoms with Crippen molar-refractivity contribution in [1.82, 2.24) is 4.98 Å². The number of rotatable bonds is 3. The summed E-state index contributed by atoms with van der Waals surface area (Å²) in [4.78, 5) is 5.60. The predicted octanol–water partition coefficient (Wildman–Crippen LogP) is 3.90. The molecule has 2 aromatic rings. The molecular formula is C15H17NOS. The average molecular weight is 259 g/mol. The van der Waals surface area contributed by atoms with Crippen molar-refractivity contribution < 1.29 is 5.11 Å². The maximum absolute atomic E-state index is 9.44. The highest BCUT2D eigenvalue weighted by atomic mass is 32.2. The molecule has 0 bridgehead atoms. The number of aryl methyl sites for hydroxylation is 2. The Hall–Kier alpha value is -1.32. The van der Waals surface area contributed by atoms with E-state index in [1.807, 2.05) is 12.1 Å². The van der Waals surface area contributed by atoms with Crippen molar-refractivity contribution in [2.45, 2.75) is 36.8 Å². The molecule has 0 aliphatic rings. The van der Waals surface area contributed by atoms with Gasteiger partial charge in [-0.15, -0.1) is 0 Å². The van der Waals surface area contributed by atoms with Crippen LogP contribution < -0.4 is 0 Å². The van der Waals surface area contributed by atoms with Gasteiger partial charge in [-0.25, -0.2) is 4.98 Å². The fourth-order valence-corrected chi connectivity index (χ4v) is 2.57. The summed E-state index contributed by atoms with van der Waals surface area (Å²) in [5.74, 6) is 0. The Morgan fingerprint density at radius 3 is 2.56 bits per heavy atom. The lowest BCUT2D eigenvalue weighted by Crippen LogP contribution is -1.92. The van der Waals surface area contributed by atoms with Gasteiger partial charge in [0.05, 0.1) is 6.10 Å². The first kappa shape index (κ1) is 13.1. The number of benzene rings is 1. The zero-order valence-corrected chi connectivity index (χ0v) is 11.7. The molecule has 18 heavy (non-hydrogen) atoms. The van der Waals surface area contributed by atoms with Crippen LogP contribution in [0.1, 0.15) is 29.7 Å². The molecule has 3 heteroatoms. The molecule has 0 radical (unpaired) electrons. The summed E-state index contributed by atoms with van der Waals surface area (Å²) in [6.45, 7) is 5.94. The minimum absolute atomic E-state index is 0.461. The van der Waals surface area contributed by atoms with Gasteiger partial charge in [0.2, 0.25) is 0 Å². The molecule has 0 aliphatic heterocycles. The monoisotopic (exact) mass is 259 g/mol. The Balaban J connectivity index is 2.21. The van der Waals surface area contributed by atoms with Crippen LogP contribution >= 0.6 is 11.8 Å². The summed E-state index contributed by atoms with van der Waals surface area (Å²) in [6.07, 6.45) is 1.27. The molecule has 0 saturated heterocycles. The van der Waals surface area contributed by atoms with E-state index in [1.54, 1.807) is 24.9 Å². The summed E-state index contributed by atoms with van der Waals surface area (Å²) in [6, 6.07) is 10.3. The van der Waals surface area contributed by atoms with Crippen LogP contribution in [0.2, 0.25) is 0 Å². The molecule has 0 spiro atoms. The van der Waals surface area contributed by atoms with Gasteiger partial charge >= 0.3 is 0 Å². The van der Waals surface area contributed by atoms with E-state index in [0.717, 1.165) is 10.6 Å². The molecule has 94 valence electrons. The number of hydrogen-bond acceptors (Lipinski definition) is 3. The molecular weight excluding hydrogens is 242 g/mol. The van der Waals surface area contributed by atoms with Crippen molar-refractivity contribution in [3.05, 3.63) is 53.2 Å². The van der Waals surface area contributed by atoms with Crippen molar-refractivity contribution in [2.75, 3.05) is 0 Å². The van der Waals surface area contributed by atoms with E-state index in [4.69, 9.17) is 0 Å². The maximum atomic E-state index is 9.44. The van der Waals surface area contributed by atoms with Crippen LogP contribution in [0.3, 0.4) is 0 Å². The Labute approximate surface area is 112 Å². The predicted molar refractivity (Wildman–Crippen MR) is 74.9 cm³/mol. The van der Waals surface area contributed by atoms with Crippen LogP contribution in [-0.2, 0) is 0 Å². The summed E-state index contributed by atoms with van der Waals surface area (Å²) < 4.78 is 0. The number of aliphatic hydroxyl groups is 1. The van der Waals surface area contributed by atoms with Gasteiger partial charge in [0.25, 0.3) is 0 Å². The molecule has 0 amide bonds. The van der Waals surface area contributed by atoms with E-state index in [-0.39, 0.29) is 0 Å². The molecule has 1 N–H and O–H groups in total. The first-order valence-corrected chi connectivity index (χ1v) is 6.77. The van der Waals surface area contributed by atoms with E-state index in [1.165, 1.54) is 16.0 Å². The van der Waals surface area contributed by atoms with Gasteiger partial charge in [0.15, 0.2) is 0 Å². The summed E-state index contributed by atoms with van der Waals surface area (Å²) in [5, 5.41) is 10.4. The molecule has 2 nitrogen and oxygen atoms in total. The van der Waals surface area contributed by atoms with Crippen molar-refractivity contribution in [1.29, 1.82) is 0 Å². The van der Waals surface area contributed by atoms with Crippen molar-refractivity contribution in [3.63, 3.8) is 0 Å². The molecule has 0 fully saturated rings. The van der Waals surface area contributed by atoms with E-state index < -0.39 is 6.10 Å². The van der Waals surface area contributed by atoms with Crippen LogP contribution in [0, 0.1) is 13.8 Å². The van der Waals surface area contributed by atoms with Gasteiger partial charge in [-0.05, 0) is 49.6 Å². The molecule has 0 unspecified atom stereocenters. The number of aromatic nitrogens is 1. The summed E-state index contributed by atoms with van der Waals surface area (Å²) in [5.41, 5.74) is 3.36. The molecule has 1 aromatic carbocycles. The number of nitrogens with zero attached hydrogens (tertiary/aromatic N) is 1. The lowest BCUT2D eigenvalue weighted by Gasteiger charge is -2.08. The van der Waals surface area contributed by atoms with Crippen molar-refractivity contribution in [3.8, 4) is 0 Å². The minimum Gasteiger partial charge on any atom is -0.389 e. The fourth-order valence-electron chi connectivity index (χ4n) is 1.63. The van der Waals surface area contributed by atoms with Gasteiger partial charge < -0.3 is 5.11 Å². The van der Waals surface area contributed by atoms with Gasteiger partial charge in [0.1, 0.15) is 5.03 Å². The zero-order chi connectivity index (χ0) is 13.1. The zero-order valence-electron chi connectivity index (χ0n) is 10.8. The van der Waals surface area contributed by atoms with Crippen molar-refractivity contribution in [2.24, 2.45) is 0 Å². The lowest BCUT2D eigenvalue weighted by atomic mass is 10.2. The van der Waals surface area contributed by atoms with E-state index in [0.29, 0.717) is 0 Å².